The van der Waals surface area contributed by atoms with Crippen LogP contribution in [-0.2, 0) is 6.42 Å². The molecule has 0 bridgehead atoms. The maximum absolute atomic E-state index is 5.39. The van der Waals surface area contributed by atoms with Gasteiger partial charge in [-0.15, -0.1) is 0 Å². The van der Waals surface area contributed by atoms with E-state index in [0.717, 1.165) is 22.4 Å². The third-order valence-corrected chi connectivity index (χ3v) is 3.86. The third-order valence-electron chi connectivity index (χ3n) is 3.86. The molecule has 0 fully saturated rings. The fourth-order valence-electron chi connectivity index (χ4n) is 2.61. The molecule has 5 heteroatoms. The van der Waals surface area contributed by atoms with Crippen LogP contribution in [0.15, 0.2) is 71.5 Å². The second-order valence-corrected chi connectivity index (χ2v) is 5.64. The van der Waals surface area contributed by atoms with Crippen molar-refractivity contribution in [3.05, 3.63) is 83.9 Å². The van der Waals surface area contributed by atoms with Gasteiger partial charge in [0.2, 0.25) is 0 Å². The number of aryl methyl sites for hydroxylation is 1. The highest BCUT2D eigenvalue weighted by Gasteiger charge is 2.12. The summed E-state index contributed by atoms with van der Waals surface area (Å²) in [4.78, 5) is 4.47. The third kappa shape index (κ3) is 2.84. The second-order valence-electron chi connectivity index (χ2n) is 5.64. The molecule has 0 aliphatic carbocycles. The Balaban J connectivity index is 1.58. The minimum Gasteiger partial charge on any atom is -0.334 e. The highest BCUT2D eigenvalue weighted by molar-refractivity contribution is 5.52. The van der Waals surface area contributed by atoms with Gasteiger partial charge in [-0.1, -0.05) is 53.7 Å². The molecular formula is C19H16N4O. The maximum atomic E-state index is 5.39. The summed E-state index contributed by atoms with van der Waals surface area (Å²) in [7, 11) is 0. The molecule has 0 saturated heterocycles. The summed E-state index contributed by atoms with van der Waals surface area (Å²) in [5, 5.41) is 8.47. The van der Waals surface area contributed by atoms with Crippen molar-refractivity contribution in [3.8, 4) is 17.1 Å². The monoisotopic (exact) mass is 316 g/mol. The molecule has 0 radical (unpaired) electrons. The number of aromatic nitrogens is 4. The Kier molecular flexibility index (Phi) is 3.67. The van der Waals surface area contributed by atoms with Crippen molar-refractivity contribution >= 4 is 0 Å². The lowest BCUT2D eigenvalue weighted by atomic mass is 10.1. The van der Waals surface area contributed by atoms with E-state index in [1.165, 1.54) is 0 Å². The number of para-hydroxylation sites is 1. The van der Waals surface area contributed by atoms with Crippen LogP contribution < -0.4 is 0 Å². The SMILES string of the molecule is Cc1ccccc1-n1cc(-c2nc(Cc3ccccc3)no2)cn1. The Morgan fingerprint density at radius 2 is 1.79 bits per heavy atom. The predicted molar refractivity (Wildman–Crippen MR) is 90.8 cm³/mol. The molecule has 4 aromatic rings. The van der Waals surface area contributed by atoms with Crippen LogP contribution in [0.3, 0.4) is 0 Å². The average molecular weight is 316 g/mol. The molecule has 0 atom stereocenters. The number of benzene rings is 2. The van der Waals surface area contributed by atoms with Crippen LogP contribution in [0.5, 0.6) is 0 Å². The molecule has 5 nitrogen and oxygen atoms in total. The van der Waals surface area contributed by atoms with Gasteiger partial charge in [-0.2, -0.15) is 10.1 Å². The number of hydrogen-bond donors (Lipinski definition) is 0. The molecule has 2 aromatic carbocycles. The maximum Gasteiger partial charge on any atom is 0.261 e. The van der Waals surface area contributed by atoms with Crippen molar-refractivity contribution in [1.29, 1.82) is 0 Å². The van der Waals surface area contributed by atoms with E-state index >= 15 is 0 Å². The Morgan fingerprint density at radius 3 is 2.62 bits per heavy atom. The van der Waals surface area contributed by atoms with Gasteiger partial charge in [0.25, 0.3) is 5.89 Å². The van der Waals surface area contributed by atoms with Gasteiger partial charge >= 0.3 is 0 Å². The summed E-state index contributed by atoms with van der Waals surface area (Å²) in [6.07, 6.45) is 4.30. The van der Waals surface area contributed by atoms with Crippen molar-refractivity contribution in [2.24, 2.45) is 0 Å². The average Bonchev–Trinajstić information content (AvgIpc) is 3.25. The van der Waals surface area contributed by atoms with E-state index in [4.69, 9.17) is 4.52 Å². The molecule has 24 heavy (non-hydrogen) atoms. The summed E-state index contributed by atoms with van der Waals surface area (Å²) < 4.78 is 7.21. The Labute approximate surface area is 139 Å². The van der Waals surface area contributed by atoms with E-state index in [-0.39, 0.29) is 0 Å². The molecule has 0 N–H and O–H groups in total. The standard InChI is InChI=1S/C19H16N4O/c1-14-7-5-6-10-17(14)23-13-16(12-20-23)19-21-18(22-24-19)11-15-8-3-2-4-9-15/h2-10,12-13H,11H2,1H3. The molecule has 0 unspecified atom stereocenters. The van der Waals surface area contributed by atoms with Crippen LogP contribution in [0.25, 0.3) is 17.1 Å². The minimum absolute atomic E-state index is 0.487. The summed E-state index contributed by atoms with van der Waals surface area (Å²) in [6.45, 7) is 2.06. The van der Waals surface area contributed by atoms with Crippen LogP contribution in [0.4, 0.5) is 0 Å². The molecule has 2 aromatic heterocycles. The largest absolute Gasteiger partial charge is 0.334 e. The first-order valence-corrected chi connectivity index (χ1v) is 7.77. The Morgan fingerprint density at radius 1 is 1.00 bits per heavy atom. The lowest BCUT2D eigenvalue weighted by molar-refractivity contribution is 0.424. The minimum atomic E-state index is 0.487. The van der Waals surface area contributed by atoms with Crippen LogP contribution in [0, 0.1) is 6.92 Å². The van der Waals surface area contributed by atoms with Crippen molar-refractivity contribution in [2.75, 3.05) is 0 Å². The van der Waals surface area contributed by atoms with Gasteiger partial charge in [0, 0.05) is 12.6 Å². The Hall–Kier alpha value is -3.21. The zero-order valence-electron chi connectivity index (χ0n) is 13.3. The van der Waals surface area contributed by atoms with Crippen LogP contribution in [0.1, 0.15) is 17.0 Å². The summed E-state index contributed by atoms with van der Waals surface area (Å²) >= 11 is 0. The van der Waals surface area contributed by atoms with Crippen LogP contribution in [0.2, 0.25) is 0 Å². The molecule has 0 aliphatic rings. The first-order chi connectivity index (χ1) is 11.8. The van der Waals surface area contributed by atoms with E-state index in [9.17, 15) is 0 Å². The topological polar surface area (TPSA) is 56.7 Å². The van der Waals surface area contributed by atoms with Gasteiger partial charge in [0.05, 0.1) is 17.4 Å². The quantitative estimate of drug-likeness (QED) is 0.574. The van der Waals surface area contributed by atoms with Gasteiger partial charge in [-0.25, -0.2) is 4.68 Å². The number of hydrogen-bond acceptors (Lipinski definition) is 4. The van der Waals surface area contributed by atoms with E-state index in [2.05, 4.69) is 28.2 Å². The van der Waals surface area contributed by atoms with E-state index in [1.54, 1.807) is 6.20 Å². The lowest BCUT2D eigenvalue weighted by Crippen LogP contribution is -1.96. The summed E-state index contributed by atoms with van der Waals surface area (Å²) in [5.74, 6) is 1.15. The van der Waals surface area contributed by atoms with Gasteiger partial charge < -0.3 is 4.52 Å². The van der Waals surface area contributed by atoms with Crippen molar-refractivity contribution < 1.29 is 4.52 Å². The molecule has 0 amide bonds. The highest BCUT2D eigenvalue weighted by atomic mass is 16.5. The van der Waals surface area contributed by atoms with Gasteiger partial charge in [0.15, 0.2) is 5.82 Å². The first kappa shape index (κ1) is 14.4. The van der Waals surface area contributed by atoms with Gasteiger partial charge in [0.1, 0.15) is 0 Å². The fourth-order valence-corrected chi connectivity index (χ4v) is 2.61. The Bertz CT molecular complexity index is 956. The molecule has 0 saturated carbocycles. The smallest absolute Gasteiger partial charge is 0.261 e. The summed E-state index contributed by atoms with van der Waals surface area (Å²) in [6, 6.07) is 18.2. The van der Waals surface area contributed by atoms with Crippen molar-refractivity contribution in [1.82, 2.24) is 19.9 Å². The normalized spacial score (nSPS) is 10.9. The van der Waals surface area contributed by atoms with Crippen molar-refractivity contribution in [3.63, 3.8) is 0 Å². The molecular weight excluding hydrogens is 300 g/mol. The molecule has 0 aliphatic heterocycles. The first-order valence-electron chi connectivity index (χ1n) is 7.77. The summed E-state index contributed by atoms with van der Waals surface area (Å²) in [5.41, 5.74) is 4.15. The van der Waals surface area contributed by atoms with E-state index < -0.39 is 0 Å². The van der Waals surface area contributed by atoms with Crippen LogP contribution >= 0.6 is 0 Å². The fraction of sp³-hybridized carbons (Fsp3) is 0.105. The molecule has 0 spiro atoms. The highest BCUT2D eigenvalue weighted by Crippen LogP contribution is 2.20. The zero-order valence-corrected chi connectivity index (χ0v) is 13.3. The number of nitrogens with zero attached hydrogens (tertiary/aromatic N) is 4. The predicted octanol–water partition coefficient (Wildman–Crippen LogP) is 3.82. The second kappa shape index (κ2) is 6.12. The molecule has 118 valence electrons. The van der Waals surface area contributed by atoms with Gasteiger partial charge in [-0.3, -0.25) is 0 Å². The van der Waals surface area contributed by atoms with Crippen LogP contribution in [-0.4, -0.2) is 19.9 Å². The number of rotatable bonds is 4. The zero-order chi connectivity index (χ0) is 16.4. The lowest BCUT2D eigenvalue weighted by Gasteiger charge is -2.03. The van der Waals surface area contributed by atoms with E-state index in [0.29, 0.717) is 18.1 Å². The molecule has 4 rings (SSSR count). The van der Waals surface area contributed by atoms with Crippen molar-refractivity contribution in [2.45, 2.75) is 13.3 Å². The molecule has 2 heterocycles. The van der Waals surface area contributed by atoms with Gasteiger partial charge in [-0.05, 0) is 24.1 Å². The van der Waals surface area contributed by atoms with E-state index in [1.807, 2.05) is 59.4 Å².